The number of methoxy groups -OCH3 is 1. The molecule has 154 valence electrons. The van der Waals surface area contributed by atoms with Gasteiger partial charge in [-0.25, -0.2) is 4.98 Å². The molecule has 7 nitrogen and oxygen atoms in total. The van der Waals surface area contributed by atoms with E-state index in [4.69, 9.17) is 14.5 Å². The molecule has 2 N–H and O–H groups in total. The molecule has 0 saturated carbocycles. The van der Waals surface area contributed by atoms with Crippen molar-refractivity contribution in [3.05, 3.63) is 52.2 Å². The molecular weight excluding hydrogens is 384 g/mol. The third kappa shape index (κ3) is 2.39. The zero-order valence-corrected chi connectivity index (χ0v) is 17.1. The number of rotatable bonds is 1. The summed E-state index contributed by atoms with van der Waals surface area (Å²) in [5.74, 6) is 0.719. The van der Waals surface area contributed by atoms with Crippen molar-refractivity contribution in [3.63, 3.8) is 0 Å². The van der Waals surface area contributed by atoms with Crippen LogP contribution in [0.15, 0.2) is 41.2 Å². The molecule has 0 radical (unpaired) electrons. The van der Waals surface area contributed by atoms with E-state index in [1.807, 2.05) is 30.3 Å². The van der Waals surface area contributed by atoms with Gasteiger partial charge in [-0.2, -0.15) is 0 Å². The summed E-state index contributed by atoms with van der Waals surface area (Å²) < 4.78 is 13.3. The molecular formula is C23H22N2O5. The molecule has 0 bridgehead atoms. The van der Waals surface area contributed by atoms with Crippen molar-refractivity contribution in [2.45, 2.75) is 31.7 Å². The highest BCUT2D eigenvalue weighted by atomic mass is 16.5. The van der Waals surface area contributed by atoms with E-state index in [9.17, 15) is 15.0 Å². The number of ether oxygens (including phenoxy) is 2. The van der Waals surface area contributed by atoms with E-state index in [0.717, 1.165) is 10.9 Å². The van der Waals surface area contributed by atoms with Crippen LogP contribution in [0.25, 0.3) is 32.8 Å². The molecule has 2 aromatic heterocycles. The number of hydrogen-bond acceptors (Lipinski definition) is 6. The van der Waals surface area contributed by atoms with E-state index >= 15 is 0 Å². The fraction of sp³-hybridized carbons (Fsp3) is 0.304. The maximum atomic E-state index is 13.5. The van der Waals surface area contributed by atoms with Crippen molar-refractivity contribution in [2.75, 3.05) is 7.11 Å². The largest absolute Gasteiger partial charge is 0.496 e. The predicted molar refractivity (Wildman–Crippen MR) is 114 cm³/mol. The molecule has 0 spiro atoms. The van der Waals surface area contributed by atoms with Crippen LogP contribution < -0.4 is 14.9 Å². The average molecular weight is 406 g/mol. The van der Waals surface area contributed by atoms with Crippen molar-refractivity contribution in [3.8, 4) is 11.5 Å². The van der Waals surface area contributed by atoms with E-state index in [1.165, 1.54) is 7.11 Å². The number of pyridine rings is 2. The highest BCUT2D eigenvalue weighted by Gasteiger charge is 2.44. The van der Waals surface area contributed by atoms with Crippen LogP contribution in [0.2, 0.25) is 0 Å². The highest BCUT2D eigenvalue weighted by Crippen LogP contribution is 2.46. The smallest absolute Gasteiger partial charge is 0.202 e. The Morgan fingerprint density at radius 1 is 1.20 bits per heavy atom. The van der Waals surface area contributed by atoms with Crippen molar-refractivity contribution in [1.82, 2.24) is 9.55 Å². The minimum absolute atomic E-state index is 0.248. The van der Waals surface area contributed by atoms with Crippen LogP contribution in [0.4, 0.5) is 0 Å². The molecule has 1 aliphatic heterocycles. The Kier molecular flexibility index (Phi) is 3.87. The van der Waals surface area contributed by atoms with Crippen molar-refractivity contribution in [2.24, 2.45) is 7.05 Å². The maximum absolute atomic E-state index is 13.5. The molecule has 0 unspecified atom stereocenters. The summed E-state index contributed by atoms with van der Waals surface area (Å²) in [6, 6.07) is 11.0. The second-order valence-corrected chi connectivity index (χ2v) is 8.25. The van der Waals surface area contributed by atoms with Gasteiger partial charge in [-0.15, -0.1) is 0 Å². The third-order valence-electron chi connectivity index (χ3n) is 5.99. The standard InChI is InChI=1S/C23H22N2O5/c1-23(2)21(28)20(27)17-15(30-23)10-14(29-4)16-18(17)25(3)22-12(19(16)26)9-11-7-5-6-8-13(11)24-22/h5-10,20-21,27-28H,1-4H3/t20-,21-/m1/s1. The first-order valence-electron chi connectivity index (χ1n) is 9.73. The Bertz CT molecular complexity index is 1410. The second-order valence-electron chi connectivity index (χ2n) is 8.25. The molecule has 0 fully saturated rings. The Balaban J connectivity index is 2.01. The topological polar surface area (TPSA) is 93.8 Å². The van der Waals surface area contributed by atoms with E-state index in [1.54, 1.807) is 31.5 Å². The summed E-state index contributed by atoms with van der Waals surface area (Å²) in [6.07, 6.45) is -2.40. The third-order valence-corrected chi connectivity index (χ3v) is 5.99. The number of fused-ring (bicyclic) bond motifs is 5. The number of aliphatic hydroxyl groups excluding tert-OH is 2. The first kappa shape index (κ1) is 18.8. The van der Waals surface area contributed by atoms with Gasteiger partial charge in [0.2, 0.25) is 5.43 Å². The lowest BCUT2D eigenvalue weighted by Gasteiger charge is -2.40. The molecule has 2 atom stereocenters. The summed E-state index contributed by atoms with van der Waals surface area (Å²) in [6.45, 7) is 3.40. The molecule has 4 aromatic rings. The zero-order chi connectivity index (χ0) is 21.4. The van der Waals surface area contributed by atoms with Crippen LogP contribution in [-0.2, 0) is 7.05 Å². The molecule has 7 heteroatoms. The van der Waals surface area contributed by atoms with Gasteiger partial charge in [0.05, 0.1) is 34.5 Å². The van der Waals surface area contributed by atoms with Gasteiger partial charge in [0.15, 0.2) is 0 Å². The maximum Gasteiger partial charge on any atom is 0.202 e. The zero-order valence-electron chi connectivity index (χ0n) is 17.1. The van der Waals surface area contributed by atoms with Crippen LogP contribution in [0, 0.1) is 0 Å². The number of nitrogens with zero attached hydrogens (tertiary/aromatic N) is 2. The molecule has 1 aliphatic rings. The highest BCUT2D eigenvalue weighted by molar-refractivity contribution is 6.01. The quantitative estimate of drug-likeness (QED) is 0.472. The predicted octanol–water partition coefficient (Wildman–Crippen LogP) is 2.81. The number of hydrogen-bond donors (Lipinski definition) is 2. The van der Waals surface area contributed by atoms with Crippen LogP contribution in [0.3, 0.4) is 0 Å². The number of para-hydroxylation sites is 1. The van der Waals surface area contributed by atoms with Gasteiger partial charge in [0, 0.05) is 18.5 Å². The SMILES string of the molecule is COc1cc2c(c3c1c(=O)c1cc4ccccc4nc1n3C)[C@@H](O)[C@@H](O)C(C)(C)O2. The number of aryl methyl sites for hydroxylation is 1. The summed E-state index contributed by atoms with van der Waals surface area (Å²) >= 11 is 0. The molecule has 0 saturated heterocycles. The molecule has 3 heterocycles. The van der Waals surface area contributed by atoms with Crippen molar-refractivity contribution in [1.29, 1.82) is 0 Å². The van der Waals surface area contributed by atoms with Gasteiger partial charge >= 0.3 is 0 Å². The van der Waals surface area contributed by atoms with Crippen molar-refractivity contribution < 1.29 is 19.7 Å². The van der Waals surface area contributed by atoms with E-state index in [-0.39, 0.29) is 5.43 Å². The Morgan fingerprint density at radius 3 is 2.67 bits per heavy atom. The molecule has 0 aliphatic carbocycles. The monoisotopic (exact) mass is 406 g/mol. The van der Waals surface area contributed by atoms with E-state index < -0.39 is 17.8 Å². The van der Waals surface area contributed by atoms with Gasteiger partial charge in [0.1, 0.15) is 35.0 Å². The number of aliphatic hydroxyl groups is 2. The minimum Gasteiger partial charge on any atom is -0.496 e. The Labute approximate surface area is 172 Å². The first-order chi connectivity index (χ1) is 14.2. The summed E-state index contributed by atoms with van der Waals surface area (Å²) in [5, 5.41) is 23.3. The van der Waals surface area contributed by atoms with Crippen LogP contribution in [0.5, 0.6) is 11.5 Å². The molecule has 0 amide bonds. The molecule has 5 rings (SSSR count). The Morgan fingerprint density at radius 2 is 1.93 bits per heavy atom. The fourth-order valence-electron chi connectivity index (χ4n) is 4.39. The Hall–Kier alpha value is -3.16. The van der Waals surface area contributed by atoms with Crippen molar-refractivity contribution >= 4 is 32.8 Å². The normalized spacial score (nSPS) is 20.3. The van der Waals surface area contributed by atoms with Gasteiger partial charge in [-0.05, 0) is 26.0 Å². The number of aromatic nitrogens is 2. The van der Waals surface area contributed by atoms with E-state index in [2.05, 4.69) is 0 Å². The van der Waals surface area contributed by atoms with Gasteiger partial charge < -0.3 is 24.3 Å². The van der Waals surface area contributed by atoms with E-state index in [0.29, 0.717) is 39.0 Å². The van der Waals surface area contributed by atoms with Gasteiger partial charge in [-0.3, -0.25) is 4.79 Å². The lowest BCUT2D eigenvalue weighted by Crippen LogP contribution is -2.49. The van der Waals surface area contributed by atoms with Gasteiger partial charge in [0.25, 0.3) is 0 Å². The average Bonchev–Trinajstić information content (AvgIpc) is 2.73. The van der Waals surface area contributed by atoms with Gasteiger partial charge in [-0.1, -0.05) is 18.2 Å². The summed E-state index contributed by atoms with van der Waals surface area (Å²) in [7, 11) is 3.27. The fourth-order valence-corrected chi connectivity index (χ4v) is 4.39. The summed E-state index contributed by atoms with van der Waals surface area (Å²) in [5.41, 5.74) is 0.778. The minimum atomic E-state index is -1.24. The molecule has 30 heavy (non-hydrogen) atoms. The summed E-state index contributed by atoms with van der Waals surface area (Å²) in [4.78, 5) is 18.2. The molecule has 2 aromatic carbocycles. The second kappa shape index (κ2) is 6.17. The van der Waals surface area contributed by atoms with Crippen LogP contribution in [-0.4, -0.2) is 38.6 Å². The van der Waals surface area contributed by atoms with Crippen LogP contribution >= 0.6 is 0 Å². The van der Waals surface area contributed by atoms with Crippen LogP contribution in [0.1, 0.15) is 25.5 Å². The lowest BCUT2D eigenvalue weighted by atomic mass is 9.87. The number of benzene rings is 2. The lowest BCUT2D eigenvalue weighted by molar-refractivity contribution is -0.111. The first-order valence-corrected chi connectivity index (χ1v) is 9.73.